The van der Waals surface area contributed by atoms with Crippen molar-refractivity contribution in [3.8, 4) is 22.4 Å². The fraction of sp³-hybridized carbons (Fsp3) is 0.346. The lowest BCUT2D eigenvalue weighted by atomic mass is 10.00. The summed E-state index contributed by atoms with van der Waals surface area (Å²) in [6.07, 6.45) is 5.54. The van der Waals surface area contributed by atoms with E-state index in [1.165, 1.54) is 25.7 Å². The van der Waals surface area contributed by atoms with Crippen LogP contribution in [0.4, 0.5) is 5.95 Å². The molecule has 0 atom stereocenters. The molecule has 4 rings (SSSR count). The van der Waals surface area contributed by atoms with Gasteiger partial charge >= 0.3 is 0 Å². The van der Waals surface area contributed by atoms with Gasteiger partial charge in [-0.25, -0.2) is 0 Å². The Morgan fingerprint density at radius 2 is 1.48 bits per heavy atom. The Labute approximate surface area is 207 Å². The third-order valence-corrected chi connectivity index (χ3v) is 5.44. The van der Waals surface area contributed by atoms with Crippen LogP contribution in [0.5, 0.6) is 0 Å². The number of hydrogen-bond donors (Lipinski definition) is 1. The van der Waals surface area contributed by atoms with E-state index in [0.717, 1.165) is 22.4 Å². The highest BCUT2D eigenvalue weighted by Crippen LogP contribution is 2.35. The molecule has 0 fully saturated rings. The van der Waals surface area contributed by atoms with Gasteiger partial charge in [-0.05, 0) is 29.8 Å². The Bertz CT molecular complexity index is 1120. The zero-order valence-corrected chi connectivity index (χ0v) is 21.6. The number of hydrogen-bond acceptors (Lipinski definition) is 4. The normalized spacial score (nSPS) is 10.2. The molecule has 0 spiro atoms. The van der Waals surface area contributed by atoms with E-state index < -0.39 is 0 Å². The zero-order valence-electron chi connectivity index (χ0n) is 20.1. The Morgan fingerprint density at radius 1 is 0.848 bits per heavy atom. The largest absolute Gasteiger partial charge is 0.356 e. The first kappa shape index (κ1) is 26.6. The van der Waals surface area contributed by atoms with Crippen LogP contribution in [0.25, 0.3) is 28.0 Å². The van der Waals surface area contributed by atoms with E-state index >= 15 is 0 Å². The number of unbranched alkanes of at least 4 members (excludes halogenated alkanes) is 3. The smallest absolute Gasteiger partial charge is 0.245 e. The molecule has 176 valence electrons. The highest BCUT2D eigenvalue weighted by atomic mass is 35.5. The van der Waals surface area contributed by atoms with Crippen LogP contribution in [0.2, 0.25) is 10.0 Å². The van der Waals surface area contributed by atoms with Gasteiger partial charge in [0.15, 0.2) is 5.65 Å². The van der Waals surface area contributed by atoms with Crippen molar-refractivity contribution in [2.45, 2.75) is 53.4 Å². The van der Waals surface area contributed by atoms with Crippen LogP contribution in [0.3, 0.4) is 0 Å². The number of rotatable bonds is 6. The molecule has 0 unspecified atom stereocenters. The Balaban J connectivity index is 0.000000421. The molecule has 33 heavy (non-hydrogen) atoms. The monoisotopic (exact) mass is 485 g/mol. The second-order valence-electron chi connectivity index (χ2n) is 7.14. The molecule has 0 radical (unpaired) electrons. The molecule has 0 saturated carbocycles. The maximum atomic E-state index is 6.42. The summed E-state index contributed by atoms with van der Waals surface area (Å²) in [7, 11) is 1.78. The summed E-state index contributed by atoms with van der Waals surface area (Å²) in [6.45, 7) is 8.46. The summed E-state index contributed by atoms with van der Waals surface area (Å²) in [5, 5.41) is 17.3. The lowest BCUT2D eigenvalue weighted by molar-refractivity contribution is 0.702. The van der Waals surface area contributed by atoms with Gasteiger partial charge in [0, 0.05) is 23.2 Å². The lowest BCUT2D eigenvalue weighted by Gasteiger charge is -2.12. The molecule has 0 aliphatic heterocycles. The summed E-state index contributed by atoms with van der Waals surface area (Å²) in [5.41, 5.74) is 4.12. The fourth-order valence-electron chi connectivity index (χ4n) is 3.19. The number of halogens is 2. The molecule has 2 heterocycles. The van der Waals surface area contributed by atoms with Crippen LogP contribution < -0.4 is 5.32 Å². The Morgan fingerprint density at radius 3 is 2.06 bits per heavy atom. The van der Waals surface area contributed by atoms with Gasteiger partial charge in [0.1, 0.15) is 5.69 Å². The van der Waals surface area contributed by atoms with Crippen molar-refractivity contribution >= 4 is 34.8 Å². The van der Waals surface area contributed by atoms with Gasteiger partial charge < -0.3 is 5.32 Å². The minimum absolute atomic E-state index is 0.561. The standard InChI is InChI=1S/C18H13Cl2N5.C6H14.C2H6/c1-21-18-23-22-16-10-14(11-6-8-12(19)9-7-11)17(24-25(16)18)13-4-2-3-5-15(13)20;1-3-5-6-4-2;1-2/h2-10H,1H3,(H,21,23);3-6H2,1-2H3;1-2H3. The van der Waals surface area contributed by atoms with Gasteiger partial charge in [-0.2, -0.15) is 9.61 Å². The highest BCUT2D eigenvalue weighted by Gasteiger charge is 2.16. The van der Waals surface area contributed by atoms with Crippen molar-refractivity contribution in [3.05, 3.63) is 64.6 Å². The van der Waals surface area contributed by atoms with Crippen LogP contribution in [0.15, 0.2) is 54.6 Å². The van der Waals surface area contributed by atoms with Crippen molar-refractivity contribution in [2.24, 2.45) is 0 Å². The first-order valence-electron chi connectivity index (χ1n) is 11.5. The van der Waals surface area contributed by atoms with Crippen molar-refractivity contribution in [3.63, 3.8) is 0 Å². The quantitative estimate of drug-likeness (QED) is 0.278. The SMILES string of the molecule is CC.CCCCCC.CNc1nnc2cc(-c3ccc(Cl)cc3)c(-c3ccccc3Cl)nn12. The van der Waals surface area contributed by atoms with Gasteiger partial charge in [-0.15, -0.1) is 10.2 Å². The van der Waals surface area contributed by atoms with Gasteiger partial charge in [0.05, 0.1) is 5.02 Å². The van der Waals surface area contributed by atoms with Crippen LogP contribution in [-0.4, -0.2) is 26.9 Å². The molecular weight excluding hydrogens is 453 g/mol. The topological polar surface area (TPSA) is 55.1 Å². The maximum absolute atomic E-state index is 6.42. The second kappa shape index (κ2) is 13.8. The van der Waals surface area contributed by atoms with Crippen molar-refractivity contribution in [1.82, 2.24) is 19.8 Å². The number of nitrogens with one attached hydrogen (secondary N) is 1. The first-order valence-corrected chi connectivity index (χ1v) is 12.3. The molecule has 2 aromatic heterocycles. The van der Waals surface area contributed by atoms with Gasteiger partial charge in [0.25, 0.3) is 0 Å². The van der Waals surface area contributed by atoms with E-state index in [0.29, 0.717) is 21.6 Å². The van der Waals surface area contributed by atoms with E-state index in [4.69, 9.17) is 28.3 Å². The molecule has 0 amide bonds. The number of benzene rings is 2. The summed E-state index contributed by atoms with van der Waals surface area (Å²) in [5.74, 6) is 0.561. The fourth-order valence-corrected chi connectivity index (χ4v) is 3.54. The molecule has 1 N–H and O–H groups in total. The molecule has 7 heteroatoms. The van der Waals surface area contributed by atoms with E-state index in [2.05, 4.69) is 29.4 Å². The minimum atomic E-state index is 0.561. The van der Waals surface area contributed by atoms with Crippen LogP contribution in [0, 0.1) is 0 Å². The summed E-state index contributed by atoms with van der Waals surface area (Å²) >= 11 is 12.5. The molecule has 0 aliphatic rings. The van der Waals surface area contributed by atoms with Crippen molar-refractivity contribution in [1.29, 1.82) is 0 Å². The zero-order chi connectivity index (χ0) is 24.2. The summed E-state index contributed by atoms with van der Waals surface area (Å²) in [6, 6.07) is 17.2. The molecule has 0 aliphatic carbocycles. The predicted molar refractivity (Wildman–Crippen MR) is 142 cm³/mol. The van der Waals surface area contributed by atoms with Crippen molar-refractivity contribution in [2.75, 3.05) is 12.4 Å². The molecule has 0 saturated heterocycles. The predicted octanol–water partition coefficient (Wildman–Crippen LogP) is 8.42. The third-order valence-electron chi connectivity index (χ3n) is 4.86. The average Bonchev–Trinajstić information content (AvgIpc) is 3.26. The second-order valence-corrected chi connectivity index (χ2v) is 7.99. The Kier molecular flexibility index (Phi) is 11.1. The minimum Gasteiger partial charge on any atom is -0.356 e. The van der Waals surface area contributed by atoms with E-state index in [9.17, 15) is 0 Å². The number of aromatic nitrogens is 4. The van der Waals surface area contributed by atoms with Crippen molar-refractivity contribution < 1.29 is 0 Å². The van der Waals surface area contributed by atoms with E-state index in [1.807, 2.05) is 68.4 Å². The first-order chi connectivity index (χ1) is 16.1. The maximum Gasteiger partial charge on any atom is 0.245 e. The Hall–Kier alpha value is -2.63. The summed E-state index contributed by atoms with van der Waals surface area (Å²) < 4.78 is 1.66. The molecule has 2 aromatic carbocycles. The third kappa shape index (κ3) is 6.92. The average molecular weight is 486 g/mol. The molecule has 0 bridgehead atoms. The molecule has 5 nitrogen and oxygen atoms in total. The molecular formula is C26H33Cl2N5. The molecule has 4 aromatic rings. The number of nitrogens with zero attached hydrogens (tertiary/aromatic N) is 4. The van der Waals surface area contributed by atoms with Gasteiger partial charge in [0.2, 0.25) is 5.95 Å². The number of anilines is 1. The highest BCUT2D eigenvalue weighted by molar-refractivity contribution is 6.33. The van der Waals surface area contributed by atoms with Crippen LogP contribution in [0.1, 0.15) is 53.4 Å². The lowest BCUT2D eigenvalue weighted by Crippen LogP contribution is -2.02. The summed E-state index contributed by atoms with van der Waals surface area (Å²) in [4.78, 5) is 0. The van der Waals surface area contributed by atoms with E-state index in [1.54, 1.807) is 11.6 Å². The number of fused-ring (bicyclic) bond motifs is 1. The van der Waals surface area contributed by atoms with Gasteiger partial charge in [-0.3, -0.25) is 0 Å². The van der Waals surface area contributed by atoms with Crippen LogP contribution >= 0.6 is 23.2 Å². The van der Waals surface area contributed by atoms with E-state index in [-0.39, 0.29) is 0 Å². The van der Waals surface area contributed by atoms with Crippen LogP contribution in [-0.2, 0) is 0 Å². The van der Waals surface area contributed by atoms with Gasteiger partial charge in [-0.1, -0.05) is 107 Å².